The Morgan fingerprint density at radius 3 is 2.74 bits per heavy atom. The number of nitrogens with one attached hydrogen (secondary N) is 2. The fraction of sp³-hybridized carbons (Fsp3) is 0.222. The van der Waals surface area contributed by atoms with Gasteiger partial charge in [0.15, 0.2) is 0 Å². The molecule has 1 saturated heterocycles. The summed E-state index contributed by atoms with van der Waals surface area (Å²) in [5.41, 5.74) is 8.11. The lowest BCUT2D eigenvalue weighted by Crippen LogP contribution is -2.43. The summed E-state index contributed by atoms with van der Waals surface area (Å²) in [6, 6.07) is 12.5. The highest BCUT2D eigenvalue weighted by molar-refractivity contribution is 5.84. The lowest BCUT2D eigenvalue weighted by Gasteiger charge is -2.28. The van der Waals surface area contributed by atoms with Crippen molar-refractivity contribution in [3.05, 3.63) is 96.2 Å². The number of hydrogen-bond donors (Lipinski definition) is 2. The van der Waals surface area contributed by atoms with Crippen LogP contribution in [0.2, 0.25) is 0 Å². The summed E-state index contributed by atoms with van der Waals surface area (Å²) in [5, 5.41) is 11.1. The van der Waals surface area contributed by atoms with Gasteiger partial charge in [-0.2, -0.15) is 5.10 Å². The summed E-state index contributed by atoms with van der Waals surface area (Å²) in [6.07, 6.45) is 9.64. The van der Waals surface area contributed by atoms with E-state index in [1.54, 1.807) is 0 Å². The van der Waals surface area contributed by atoms with E-state index in [-0.39, 0.29) is 0 Å². The Labute approximate surface area is 199 Å². The first-order valence-electron chi connectivity index (χ1n) is 11.6. The minimum atomic E-state index is 0.818. The number of allylic oxidation sites excluding steroid dienone is 1. The molecule has 1 aliphatic heterocycles. The van der Waals surface area contributed by atoms with Gasteiger partial charge in [0, 0.05) is 67.3 Å². The van der Waals surface area contributed by atoms with Gasteiger partial charge in [-0.15, -0.1) is 0 Å². The molecule has 34 heavy (non-hydrogen) atoms. The molecule has 7 heteroatoms. The van der Waals surface area contributed by atoms with Crippen LogP contribution in [0, 0.1) is 6.92 Å². The first-order chi connectivity index (χ1) is 16.6. The van der Waals surface area contributed by atoms with Crippen molar-refractivity contribution in [1.82, 2.24) is 24.9 Å². The van der Waals surface area contributed by atoms with Crippen molar-refractivity contribution in [1.29, 1.82) is 0 Å². The summed E-state index contributed by atoms with van der Waals surface area (Å²) in [5.74, 6) is 0.983. The van der Waals surface area contributed by atoms with E-state index in [9.17, 15) is 0 Å². The fourth-order valence-electron chi connectivity index (χ4n) is 4.36. The molecule has 1 aliphatic rings. The molecular weight excluding hydrogens is 422 g/mol. The normalized spacial score (nSPS) is 14.4. The standard InChI is InChI=1S/C27H29N7/c1-4-25(22-7-12-34-24(15-22)6-9-31-34)26-17-23(18-30-20(26)3)32-19(2)21-5-8-29-27(16-21)33-13-10-28-11-14-33/h4-9,12,15-18,28,32H,2,10-11,13-14H2,1,3H3/b25-4-. The molecular formula is C27H29N7. The monoisotopic (exact) mass is 451 g/mol. The molecule has 7 nitrogen and oxygen atoms in total. The first-order valence-corrected chi connectivity index (χ1v) is 11.6. The largest absolute Gasteiger partial charge is 0.354 e. The van der Waals surface area contributed by atoms with E-state index in [0.29, 0.717) is 0 Å². The third-order valence-corrected chi connectivity index (χ3v) is 6.21. The fourth-order valence-corrected chi connectivity index (χ4v) is 4.36. The molecule has 4 aromatic rings. The van der Waals surface area contributed by atoms with Gasteiger partial charge in [0.25, 0.3) is 0 Å². The van der Waals surface area contributed by atoms with E-state index in [4.69, 9.17) is 0 Å². The Kier molecular flexibility index (Phi) is 6.10. The lowest BCUT2D eigenvalue weighted by atomic mass is 9.97. The highest BCUT2D eigenvalue weighted by atomic mass is 15.2. The maximum atomic E-state index is 4.67. The minimum Gasteiger partial charge on any atom is -0.354 e. The van der Waals surface area contributed by atoms with E-state index in [1.165, 1.54) is 0 Å². The van der Waals surface area contributed by atoms with Crippen molar-refractivity contribution in [3.8, 4) is 0 Å². The van der Waals surface area contributed by atoms with Crippen LogP contribution in [0.3, 0.4) is 0 Å². The van der Waals surface area contributed by atoms with Gasteiger partial charge in [-0.1, -0.05) is 12.7 Å². The van der Waals surface area contributed by atoms with Crippen LogP contribution in [0.1, 0.15) is 29.3 Å². The minimum absolute atomic E-state index is 0.818. The number of aryl methyl sites for hydroxylation is 1. The average molecular weight is 452 g/mol. The van der Waals surface area contributed by atoms with Crippen LogP contribution < -0.4 is 15.5 Å². The van der Waals surface area contributed by atoms with Gasteiger partial charge in [-0.25, -0.2) is 9.50 Å². The molecule has 2 N–H and O–H groups in total. The second-order valence-electron chi connectivity index (χ2n) is 8.42. The van der Waals surface area contributed by atoms with Crippen molar-refractivity contribution in [3.63, 3.8) is 0 Å². The van der Waals surface area contributed by atoms with Crippen LogP contribution in [0.4, 0.5) is 11.5 Å². The van der Waals surface area contributed by atoms with E-state index >= 15 is 0 Å². The Morgan fingerprint density at radius 2 is 1.91 bits per heavy atom. The van der Waals surface area contributed by atoms with Crippen molar-refractivity contribution in [2.75, 3.05) is 36.4 Å². The molecule has 0 unspecified atom stereocenters. The van der Waals surface area contributed by atoms with Crippen LogP contribution in [-0.2, 0) is 0 Å². The maximum absolute atomic E-state index is 4.67. The van der Waals surface area contributed by atoms with Crippen molar-refractivity contribution in [2.45, 2.75) is 13.8 Å². The molecule has 1 fully saturated rings. The highest BCUT2D eigenvalue weighted by Gasteiger charge is 2.14. The second-order valence-corrected chi connectivity index (χ2v) is 8.42. The van der Waals surface area contributed by atoms with E-state index in [2.05, 4.69) is 74.4 Å². The Bertz CT molecular complexity index is 1360. The first kappa shape index (κ1) is 21.9. The van der Waals surface area contributed by atoms with Gasteiger partial charge < -0.3 is 15.5 Å². The van der Waals surface area contributed by atoms with Gasteiger partial charge in [0.2, 0.25) is 0 Å². The van der Waals surface area contributed by atoms with Crippen LogP contribution in [-0.4, -0.2) is 45.8 Å². The molecule has 172 valence electrons. The van der Waals surface area contributed by atoms with Crippen molar-refractivity contribution in [2.24, 2.45) is 0 Å². The number of rotatable bonds is 6. The quantitative estimate of drug-likeness (QED) is 0.454. The van der Waals surface area contributed by atoms with E-state index < -0.39 is 0 Å². The van der Waals surface area contributed by atoms with Gasteiger partial charge in [-0.3, -0.25) is 4.98 Å². The Morgan fingerprint density at radius 1 is 1.06 bits per heavy atom. The number of piperazine rings is 1. The zero-order valence-electron chi connectivity index (χ0n) is 19.6. The number of pyridine rings is 3. The summed E-state index contributed by atoms with van der Waals surface area (Å²) in [6.45, 7) is 12.3. The van der Waals surface area contributed by atoms with E-state index in [1.807, 2.05) is 48.4 Å². The van der Waals surface area contributed by atoms with Crippen LogP contribution in [0.15, 0.2) is 73.8 Å². The van der Waals surface area contributed by atoms with Crippen LogP contribution in [0.5, 0.6) is 0 Å². The molecule has 0 bridgehead atoms. The third kappa shape index (κ3) is 4.43. The smallest absolute Gasteiger partial charge is 0.129 e. The van der Waals surface area contributed by atoms with Crippen LogP contribution >= 0.6 is 0 Å². The molecule has 0 spiro atoms. The predicted molar refractivity (Wildman–Crippen MR) is 139 cm³/mol. The molecule has 0 amide bonds. The molecule has 5 heterocycles. The third-order valence-electron chi connectivity index (χ3n) is 6.21. The SMILES string of the molecule is C=C(Nc1cnc(C)c(/C(=C\C)c2ccn3nccc3c2)c1)c1ccnc(N2CCNCC2)c1. The molecule has 0 atom stereocenters. The molecule has 4 aromatic heterocycles. The summed E-state index contributed by atoms with van der Waals surface area (Å²) in [4.78, 5) is 11.5. The van der Waals surface area contributed by atoms with Gasteiger partial charge in [0.1, 0.15) is 5.82 Å². The number of hydrogen-bond acceptors (Lipinski definition) is 6. The molecule has 0 aromatic carbocycles. The highest BCUT2D eigenvalue weighted by Crippen LogP contribution is 2.29. The zero-order valence-corrected chi connectivity index (χ0v) is 19.6. The second kappa shape index (κ2) is 9.49. The van der Waals surface area contributed by atoms with E-state index in [0.717, 1.165) is 76.9 Å². The van der Waals surface area contributed by atoms with Crippen molar-refractivity contribution < 1.29 is 0 Å². The van der Waals surface area contributed by atoms with Gasteiger partial charge in [0.05, 0.1) is 17.4 Å². The summed E-state index contributed by atoms with van der Waals surface area (Å²) >= 11 is 0. The number of aromatic nitrogens is 4. The van der Waals surface area contributed by atoms with Gasteiger partial charge in [-0.05, 0) is 61.4 Å². The Hall–Kier alpha value is -3.97. The topological polar surface area (TPSA) is 70.4 Å². The molecule has 0 saturated carbocycles. The number of nitrogens with zero attached hydrogens (tertiary/aromatic N) is 5. The molecule has 0 radical (unpaired) electrons. The predicted octanol–water partition coefficient (Wildman–Crippen LogP) is 4.38. The van der Waals surface area contributed by atoms with Crippen LogP contribution in [0.25, 0.3) is 16.8 Å². The van der Waals surface area contributed by atoms with Crippen molar-refractivity contribution >= 4 is 28.3 Å². The Balaban J connectivity index is 1.40. The lowest BCUT2D eigenvalue weighted by molar-refractivity contribution is 0.585. The summed E-state index contributed by atoms with van der Waals surface area (Å²) in [7, 11) is 0. The zero-order chi connectivity index (χ0) is 23.5. The summed E-state index contributed by atoms with van der Waals surface area (Å²) < 4.78 is 1.87. The molecule has 0 aliphatic carbocycles. The van der Waals surface area contributed by atoms with Gasteiger partial charge >= 0.3 is 0 Å². The number of anilines is 2. The maximum Gasteiger partial charge on any atom is 0.129 e. The molecule has 5 rings (SSSR count). The number of fused-ring (bicyclic) bond motifs is 1. The average Bonchev–Trinajstić information content (AvgIpc) is 3.35.